The van der Waals surface area contributed by atoms with Crippen LogP contribution in [-0.2, 0) is 6.42 Å². The van der Waals surface area contributed by atoms with E-state index in [4.69, 9.17) is 5.73 Å². The maximum Gasteiger partial charge on any atom is 0.0511 e. The average Bonchev–Trinajstić information content (AvgIpc) is 2.48. The normalized spacial score (nSPS) is 22.3. The van der Waals surface area contributed by atoms with Crippen molar-refractivity contribution in [1.29, 1.82) is 0 Å². The lowest BCUT2D eigenvalue weighted by Gasteiger charge is -2.38. The van der Waals surface area contributed by atoms with Gasteiger partial charge in [0.05, 0.1) is 5.69 Å². The SMILES string of the molecule is NC1CC(Cc2ccccc2)CN(c2ccccc2Br)C1. The highest BCUT2D eigenvalue weighted by Gasteiger charge is 2.26. The lowest BCUT2D eigenvalue weighted by atomic mass is 9.89. The van der Waals surface area contributed by atoms with Crippen LogP contribution in [0, 0.1) is 5.92 Å². The van der Waals surface area contributed by atoms with Crippen LogP contribution in [0.3, 0.4) is 0 Å². The van der Waals surface area contributed by atoms with Crippen molar-refractivity contribution in [2.24, 2.45) is 11.7 Å². The summed E-state index contributed by atoms with van der Waals surface area (Å²) in [4.78, 5) is 2.42. The highest BCUT2D eigenvalue weighted by atomic mass is 79.9. The molecule has 0 amide bonds. The molecule has 0 aromatic heterocycles. The zero-order valence-corrected chi connectivity index (χ0v) is 13.7. The number of benzene rings is 2. The van der Waals surface area contributed by atoms with Crippen molar-refractivity contribution in [1.82, 2.24) is 0 Å². The Labute approximate surface area is 135 Å². The van der Waals surface area contributed by atoms with Crippen LogP contribution in [-0.4, -0.2) is 19.1 Å². The summed E-state index contributed by atoms with van der Waals surface area (Å²) >= 11 is 3.66. The van der Waals surface area contributed by atoms with Crippen LogP contribution in [0.1, 0.15) is 12.0 Å². The van der Waals surface area contributed by atoms with Gasteiger partial charge in [0, 0.05) is 23.6 Å². The Morgan fingerprint density at radius 2 is 1.71 bits per heavy atom. The molecule has 2 unspecified atom stereocenters. The number of hydrogen-bond acceptors (Lipinski definition) is 2. The number of hydrogen-bond donors (Lipinski definition) is 1. The van der Waals surface area contributed by atoms with Crippen LogP contribution >= 0.6 is 15.9 Å². The molecule has 1 fully saturated rings. The molecule has 2 N–H and O–H groups in total. The van der Waals surface area contributed by atoms with E-state index < -0.39 is 0 Å². The Balaban J connectivity index is 1.74. The highest BCUT2D eigenvalue weighted by molar-refractivity contribution is 9.10. The van der Waals surface area contributed by atoms with Gasteiger partial charge in [-0.25, -0.2) is 0 Å². The van der Waals surface area contributed by atoms with Crippen LogP contribution in [0.15, 0.2) is 59.1 Å². The maximum absolute atomic E-state index is 6.30. The molecule has 2 aromatic rings. The van der Waals surface area contributed by atoms with Gasteiger partial charge in [-0.3, -0.25) is 0 Å². The van der Waals surface area contributed by atoms with Gasteiger partial charge in [0.25, 0.3) is 0 Å². The third kappa shape index (κ3) is 3.66. The second kappa shape index (κ2) is 6.63. The van der Waals surface area contributed by atoms with Gasteiger partial charge in [0.2, 0.25) is 0 Å². The molecule has 1 aliphatic rings. The molecule has 0 bridgehead atoms. The molecule has 1 saturated heterocycles. The largest absolute Gasteiger partial charge is 0.369 e. The number of rotatable bonds is 3. The van der Waals surface area contributed by atoms with E-state index in [-0.39, 0.29) is 6.04 Å². The summed E-state index contributed by atoms with van der Waals surface area (Å²) in [7, 11) is 0. The van der Waals surface area contributed by atoms with Crippen LogP contribution in [0.5, 0.6) is 0 Å². The first-order valence-electron chi connectivity index (χ1n) is 7.51. The zero-order chi connectivity index (χ0) is 14.7. The summed E-state index contributed by atoms with van der Waals surface area (Å²) in [5.74, 6) is 0.614. The van der Waals surface area contributed by atoms with Crippen LogP contribution in [0.4, 0.5) is 5.69 Å². The second-order valence-corrected chi connectivity index (χ2v) is 6.76. The molecule has 110 valence electrons. The van der Waals surface area contributed by atoms with Crippen molar-refractivity contribution >= 4 is 21.6 Å². The molecular weight excluding hydrogens is 324 g/mol. The number of anilines is 1. The lowest BCUT2D eigenvalue weighted by molar-refractivity contribution is 0.374. The third-order valence-corrected chi connectivity index (χ3v) is 4.80. The Morgan fingerprint density at radius 3 is 2.48 bits per heavy atom. The van der Waals surface area contributed by atoms with Gasteiger partial charge < -0.3 is 10.6 Å². The number of piperidine rings is 1. The van der Waals surface area contributed by atoms with Gasteiger partial charge >= 0.3 is 0 Å². The second-order valence-electron chi connectivity index (χ2n) is 5.91. The summed E-state index contributed by atoms with van der Waals surface area (Å²) in [5, 5.41) is 0. The van der Waals surface area contributed by atoms with Crippen molar-refractivity contribution in [2.45, 2.75) is 18.9 Å². The van der Waals surface area contributed by atoms with Crippen LogP contribution < -0.4 is 10.6 Å². The van der Waals surface area contributed by atoms with E-state index in [1.807, 2.05) is 0 Å². The topological polar surface area (TPSA) is 29.3 Å². The van der Waals surface area contributed by atoms with Crippen molar-refractivity contribution in [3.05, 3.63) is 64.6 Å². The first-order valence-corrected chi connectivity index (χ1v) is 8.30. The summed E-state index contributed by atoms with van der Waals surface area (Å²) in [5.41, 5.74) is 8.96. The van der Waals surface area contributed by atoms with E-state index >= 15 is 0 Å². The van der Waals surface area contributed by atoms with Gasteiger partial charge in [-0.2, -0.15) is 0 Å². The molecule has 0 radical (unpaired) electrons. The number of nitrogens with two attached hydrogens (primary N) is 1. The molecular formula is C18H21BrN2. The van der Waals surface area contributed by atoms with Crippen molar-refractivity contribution in [3.63, 3.8) is 0 Å². The number of para-hydroxylation sites is 1. The molecule has 0 spiro atoms. The van der Waals surface area contributed by atoms with Crippen LogP contribution in [0.2, 0.25) is 0 Å². The van der Waals surface area contributed by atoms with Crippen molar-refractivity contribution in [2.75, 3.05) is 18.0 Å². The van der Waals surface area contributed by atoms with E-state index in [1.165, 1.54) is 11.3 Å². The Bertz CT molecular complexity index is 585. The van der Waals surface area contributed by atoms with Gasteiger partial charge in [0.1, 0.15) is 0 Å². The Kier molecular flexibility index (Phi) is 4.61. The van der Waals surface area contributed by atoms with Crippen molar-refractivity contribution in [3.8, 4) is 0 Å². The number of nitrogens with zero attached hydrogens (tertiary/aromatic N) is 1. The lowest BCUT2D eigenvalue weighted by Crippen LogP contribution is -2.47. The molecule has 2 atom stereocenters. The minimum absolute atomic E-state index is 0.250. The van der Waals surface area contributed by atoms with E-state index in [2.05, 4.69) is 75.4 Å². The average molecular weight is 345 g/mol. The maximum atomic E-state index is 6.30. The predicted octanol–water partition coefficient (Wildman–Crippen LogP) is 3.85. The summed E-state index contributed by atoms with van der Waals surface area (Å²) in [6.07, 6.45) is 2.21. The molecule has 21 heavy (non-hydrogen) atoms. The van der Waals surface area contributed by atoms with E-state index in [9.17, 15) is 0 Å². The van der Waals surface area contributed by atoms with E-state index in [1.54, 1.807) is 0 Å². The van der Waals surface area contributed by atoms with Gasteiger partial charge in [-0.05, 0) is 52.4 Å². The van der Waals surface area contributed by atoms with Crippen LogP contribution in [0.25, 0.3) is 0 Å². The fraction of sp³-hybridized carbons (Fsp3) is 0.333. The smallest absolute Gasteiger partial charge is 0.0511 e. The van der Waals surface area contributed by atoms with Crippen molar-refractivity contribution < 1.29 is 0 Å². The predicted molar refractivity (Wildman–Crippen MR) is 92.6 cm³/mol. The standard InChI is InChI=1S/C18H21BrN2/c19-17-8-4-5-9-18(17)21-12-15(11-16(20)13-21)10-14-6-2-1-3-7-14/h1-9,15-16H,10-13,20H2. The highest BCUT2D eigenvalue weighted by Crippen LogP contribution is 2.30. The fourth-order valence-corrected chi connectivity index (χ4v) is 3.78. The molecule has 0 saturated carbocycles. The third-order valence-electron chi connectivity index (χ3n) is 4.13. The molecule has 2 nitrogen and oxygen atoms in total. The monoisotopic (exact) mass is 344 g/mol. The minimum Gasteiger partial charge on any atom is -0.369 e. The Morgan fingerprint density at radius 1 is 1.00 bits per heavy atom. The molecule has 3 heteroatoms. The van der Waals surface area contributed by atoms with Gasteiger partial charge in [0.15, 0.2) is 0 Å². The summed E-state index contributed by atoms with van der Waals surface area (Å²) in [6, 6.07) is 19.4. The first kappa shape index (κ1) is 14.6. The first-order chi connectivity index (χ1) is 10.2. The van der Waals surface area contributed by atoms with E-state index in [0.717, 1.165) is 30.4 Å². The summed E-state index contributed by atoms with van der Waals surface area (Å²) in [6.45, 7) is 2.01. The number of halogens is 1. The molecule has 1 aliphatic heterocycles. The minimum atomic E-state index is 0.250. The Hall–Kier alpha value is -1.32. The zero-order valence-electron chi connectivity index (χ0n) is 12.1. The molecule has 3 rings (SSSR count). The van der Waals surface area contributed by atoms with Gasteiger partial charge in [-0.1, -0.05) is 42.5 Å². The van der Waals surface area contributed by atoms with E-state index in [0.29, 0.717) is 5.92 Å². The molecule has 1 heterocycles. The fourth-order valence-electron chi connectivity index (χ4n) is 3.25. The quantitative estimate of drug-likeness (QED) is 0.916. The van der Waals surface area contributed by atoms with Gasteiger partial charge in [-0.15, -0.1) is 0 Å². The molecule has 2 aromatic carbocycles. The summed E-state index contributed by atoms with van der Waals surface area (Å²) < 4.78 is 1.15. The molecule has 0 aliphatic carbocycles.